The number of amides is 1. The van der Waals surface area contributed by atoms with Gasteiger partial charge in [-0.3, -0.25) is 19.5 Å². The van der Waals surface area contributed by atoms with Crippen LogP contribution in [0.3, 0.4) is 0 Å². The summed E-state index contributed by atoms with van der Waals surface area (Å²) in [6, 6.07) is 4.72. The lowest BCUT2D eigenvalue weighted by molar-refractivity contribution is -0.171. The maximum absolute atomic E-state index is 13.0. The van der Waals surface area contributed by atoms with Gasteiger partial charge in [0.25, 0.3) is 0 Å². The summed E-state index contributed by atoms with van der Waals surface area (Å²) in [7, 11) is 0. The van der Waals surface area contributed by atoms with Crippen molar-refractivity contribution in [3.8, 4) is 0 Å². The van der Waals surface area contributed by atoms with Gasteiger partial charge in [-0.2, -0.15) is 13.2 Å². The Morgan fingerprint density at radius 2 is 1.87 bits per heavy atom. The van der Waals surface area contributed by atoms with Gasteiger partial charge in [0.05, 0.1) is 17.2 Å². The average molecular weight is 439 g/mol. The summed E-state index contributed by atoms with van der Waals surface area (Å²) in [5, 5.41) is 0. The van der Waals surface area contributed by atoms with E-state index in [1.165, 1.54) is 4.90 Å². The van der Waals surface area contributed by atoms with Gasteiger partial charge in [0.1, 0.15) is 12.5 Å². The zero-order valence-electron chi connectivity index (χ0n) is 17.9. The second-order valence-corrected chi connectivity index (χ2v) is 9.91. The number of likely N-dealkylation sites (tertiary alicyclic amines) is 1. The maximum Gasteiger partial charge on any atom is 0.397 e. The lowest BCUT2D eigenvalue weighted by atomic mass is 9.86. The second-order valence-electron chi connectivity index (χ2n) is 9.91. The molecule has 3 aliphatic rings. The van der Waals surface area contributed by atoms with E-state index in [1.807, 2.05) is 18.2 Å². The van der Waals surface area contributed by atoms with Crippen LogP contribution < -0.4 is 0 Å². The number of piperidine rings is 2. The molecule has 9 heteroatoms. The van der Waals surface area contributed by atoms with E-state index < -0.39 is 42.0 Å². The molecule has 3 fully saturated rings. The summed E-state index contributed by atoms with van der Waals surface area (Å²) >= 11 is 0. The van der Waals surface area contributed by atoms with Gasteiger partial charge in [0.15, 0.2) is 0 Å². The van der Waals surface area contributed by atoms with Gasteiger partial charge in [-0.1, -0.05) is 6.07 Å². The van der Waals surface area contributed by atoms with E-state index in [4.69, 9.17) is 4.74 Å². The molecule has 0 aliphatic carbocycles. The van der Waals surface area contributed by atoms with Crippen LogP contribution in [0.1, 0.15) is 45.7 Å². The SMILES string of the molecule is CC(C)(C)C(=O)O[C@@H]1C2[C@H]3CC(C[C@@H]1N3Cc1ccccn1)CN2C(=O)CC(F)(F)F. The molecule has 4 rings (SSSR count). The fourth-order valence-electron chi connectivity index (χ4n) is 5.24. The minimum atomic E-state index is -4.57. The zero-order valence-corrected chi connectivity index (χ0v) is 17.9. The highest BCUT2D eigenvalue weighted by atomic mass is 19.4. The Kier molecular flexibility index (Phi) is 5.52. The lowest BCUT2D eigenvalue weighted by Gasteiger charge is -2.46. The van der Waals surface area contributed by atoms with Gasteiger partial charge in [0, 0.05) is 31.4 Å². The number of ether oxygens (including phenoxy) is 1. The summed E-state index contributed by atoms with van der Waals surface area (Å²) in [6.07, 6.45) is -3.57. The van der Waals surface area contributed by atoms with E-state index >= 15 is 0 Å². The molecule has 0 aromatic carbocycles. The molecule has 31 heavy (non-hydrogen) atoms. The molecule has 1 aromatic heterocycles. The molecular weight excluding hydrogens is 411 g/mol. The van der Waals surface area contributed by atoms with E-state index in [1.54, 1.807) is 27.0 Å². The summed E-state index contributed by atoms with van der Waals surface area (Å²) in [6.45, 7) is 6.02. The van der Waals surface area contributed by atoms with Crippen LogP contribution in [0.5, 0.6) is 0 Å². The number of pyridine rings is 1. The number of rotatable bonds is 4. The van der Waals surface area contributed by atoms with Crippen LogP contribution in [-0.4, -0.2) is 63.6 Å². The molecule has 0 spiro atoms. The third kappa shape index (κ3) is 4.42. The van der Waals surface area contributed by atoms with Gasteiger partial charge in [0.2, 0.25) is 5.91 Å². The number of halogens is 3. The molecule has 4 heterocycles. The van der Waals surface area contributed by atoms with Gasteiger partial charge in [-0.25, -0.2) is 0 Å². The Hall–Kier alpha value is -2.16. The van der Waals surface area contributed by atoms with Crippen molar-refractivity contribution in [2.45, 2.75) is 77.0 Å². The third-order valence-electron chi connectivity index (χ3n) is 6.52. The number of hydrogen-bond donors (Lipinski definition) is 0. The summed E-state index contributed by atoms with van der Waals surface area (Å²) < 4.78 is 44.9. The second kappa shape index (κ2) is 7.76. The molecular formula is C22H28F3N3O3. The van der Waals surface area contributed by atoms with Crippen LogP contribution in [0.2, 0.25) is 0 Å². The Morgan fingerprint density at radius 3 is 2.48 bits per heavy atom. The highest BCUT2D eigenvalue weighted by Crippen LogP contribution is 2.48. The minimum Gasteiger partial charge on any atom is -0.458 e. The number of nitrogens with zero attached hydrogens (tertiary/aromatic N) is 3. The standard InChI is InChI=1S/C22H28F3N3O3/c1-21(2,3)20(30)31-19-16-9-13-8-15(27(16)12-14-6-4-5-7-26-14)18(19)28(11-13)17(29)10-22(23,24)25/h4-7,13,15-16,18-19H,8-12H2,1-3H3/t13?,15-,16+,18?,19+/m1/s1. The maximum atomic E-state index is 13.0. The zero-order chi connectivity index (χ0) is 22.6. The quantitative estimate of drug-likeness (QED) is 0.675. The van der Waals surface area contributed by atoms with Crippen molar-refractivity contribution in [2.24, 2.45) is 11.3 Å². The first-order valence-electron chi connectivity index (χ1n) is 10.7. The molecule has 3 saturated heterocycles. The van der Waals surface area contributed by atoms with Crippen LogP contribution in [0, 0.1) is 11.3 Å². The minimum absolute atomic E-state index is 0.0988. The highest BCUT2D eigenvalue weighted by molar-refractivity contribution is 5.78. The molecule has 0 saturated carbocycles. The number of alkyl halides is 3. The molecule has 0 N–H and O–H groups in total. The van der Waals surface area contributed by atoms with E-state index in [0.29, 0.717) is 13.0 Å². The molecule has 170 valence electrons. The first-order valence-corrected chi connectivity index (χ1v) is 10.7. The molecule has 6 nitrogen and oxygen atoms in total. The molecule has 3 aliphatic heterocycles. The molecule has 0 radical (unpaired) electrons. The Morgan fingerprint density at radius 1 is 1.16 bits per heavy atom. The van der Waals surface area contributed by atoms with Crippen LogP contribution in [-0.2, 0) is 20.9 Å². The lowest BCUT2D eigenvalue weighted by Crippen LogP contribution is -2.58. The van der Waals surface area contributed by atoms with E-state index in [-0.39, 0.29) is 24.5 Å². The first kappa shape index (κ1) is 22.0. The molecule has 3 bridgehead atoms. The predicted octanol–water partition coefficient (Wildman–Crippen LogP) is 3.17. The fraction of sp³-hybridized carbons (Fsp3) is 0.682. The number of fused-ring (bicyclic) bond motifs is 2. The number of esters is 1. The van der Waals surface area contributed by atoms with Crippen molar-refractivity contribution in [1.82, 2.24) is 14.8 Å². The van der Waals surface area contributed by atoms with Gasteiger partial charge in [-0.15, -0.1) is 0 Å². The molecule has 2 unspecified atom stereocenters. The largest absolute Gasteiger partial charge is 0.458 e. The van der Waals surface area contributed by atoms with Crippen molar-refractivity contribution in [2.75, 3.05) is 6.54 Å². The van der Waals surface area contributed by atoms with Crippen LogP contribution in [0.4, 0.5) is 13.2 Å². The Balaban J connectivity index is 1.65. The third-order valence-corrected chi connectivity index (χ3v) is 6.52. The smallest absolute Gasteiger partial charge is 0.397 e. The topological polar surface area (TPSA) is 62.7 Å². The van der Waals surface area contributed by atoms with Crippen molar-refractivity contribution >= 4 is 11.9 Å². The van der Waals surface area contributed by atoms with Crippen molar-refractivity contribution < 1.29 is 27.5 Å². The van der Waals surface area contributed by atoms with Crippen LogP contribution >= 0.6 is 0 Å². The first-order chi connectivity index (χ1) is 14.4. The molecule has 1 aromatic rings. The number of aromatic nitrogens is 1. The van der Waals surface area contributed by atoms with Gasteiger partial charge in [-0.05, 0) is 51.7 Å². The number of carbonyl (C=O) groups is 2. The van der Waals surface area contributed by atoms with Gasteiger partial charge < -0.3 is 9.64 Å². The monoisotopic (exact) mass is 439 g/mol. The van der Waals surface area contributed by atoms with E-state index in [9.17, 15) is 22.8 Å². The molecule has 1 amide bonds. The van der Waals surface area contributed by atoms with E-state index in [2.05, 4.69) is 9.88 Å². The van der Waals surface area contributed by atoms with E-state index in [0.717, 1.165) is 12.1 Å². The number of carbonyl (C=O) groups excluding carboxylic acids is 2. The van der Waals surface area contributed by atoms with Crippen molar-refractivity contribution in [1.29, 1.82) is 0 Å². The van der Waals surface area contributed by atoms with Crippen molar-refractivity contribution in [3.63, 3.8) is 0 Å². The highest BCUT2D eigenvalue weighted by Gasteiger charge is 2.61. The predicted molar refractivity (Wildman–Crippen MR) is 106 cm³/mol. The summed E-state index contributed by atoms with van der Waals surface area (Å²) in [5.41, 5.74) is 0.0904. The average Bonchev–Trinajstić information content (AvgIpc) is 2.78. The van der Waals surface area contributed by atoms with Crippen molar-refractivity contribution in [3.05, 3.63) is 30.1 Å². The molecule has 5 atom stereocenters. The van der Waals surface area contributed by atoms with Gasteiger partial charge >= 0.3 is 12.1 Å². The Labute approximate surface area is 179 Å². The number of hydrogen-bond acceptors (Lipinski definition) is 5. The Bertz CT molecular complexity index is 840. The summed E-state index contributed by atoms with van der Waals surface area (Å²) in [5.74, 6) is -1.25. The fourth-order valence-corrected chi connectivity index (χ4v) is 5.24. The summed E-state index contributed by atoms with van der Waals surface area (Å²) in [4.78, 5) is 33.3. The normalized spacial score (nSPS) is 30.5. The van der Waals surface area contributed by atoms with Crippen LogP contribution in [0.25, 0.3) is 0 Å². The van der Waals surface area contributed by atoms with Crippen LogP contribution in [0.15, 0.2) is 24.4 Å².